The van der Waals surface area contributed by atoms with Crippen molar-refractivity contribution < 1.29 is 22.7 Å². The van der Waals surface area contributed by atoms with Gasteiger partial charge in [0.1, 0.15) is 11.3 Å². The van der Waals surface area contributed by atoms with Crippen molar-refractivity contribution in [1.82, 2.24) is 4.98 Å². The zero-order valence-electron chi connectivity index (χ0n) is 8.62. The highest BCUT2D eigenvalue weighted by Gasteiger charge is 2.39. The van der Waals surface area contributed by atoms with E-state index in [1.54, 1.807) is 0 Å². The largest absolute Gasteiger partial charge is 0.489 e. The first-order valence-electron chi connectivity index (χ1n) is 4.92. The molecule has 7 heteroatoms. The maximum absolute atomic E-state index is 12.6. The molecule has 0 atom stereocenters. The average molecular weight is 246 g/mol. The fourth-order valence-electron chi connectivity index (χ4n) is 1.36. The molecule has 0 saturated heterocycles. The summed E-state index contributed by atoms with van der Waals surface area (Å²) in [7, 11) is 0. The van der Waals surface area contributed by atoms with Crippen LogP contribution >= 0.6 is 0 Å². The van der Waals surface area contributed by atoms with Gasteiger partial charge in [-0.2, -0.15) is 13.2 Å². The Balaban J connectivity index is 2.47. The second-order valence-electron chi connectivity index (χ2n) is 3.71. The number of carbonyl (C=O) groups is 1. The normalized spacial score (nSPS) is 15.7. The molecule has 92 valence electrons. The van der Waals surface area contributed by atoms with Gasteiger partial charge in [-0.15, -0.1) is 0 Å². The SMILES string of the molecule is NC(=O)c1c(OC2CC2)ccnc1C(F)(F)F. The van der Waals surface area contributed by atoms with Gasteiger partial charge in [0.15, 0.2) is 5.69 Å². The third-order valence-corrected chi connectivity index (χ3v) is 2.25. The lowest BCUT2D eigenvalue weighted by molar-refractivity contribution is -0.141. The summed E-state index contributed by atoms with van der Waals surface area (Å²) in [6, 6.07) is 1.22. The lowest BCUT2D eigenvalue weighted by atomic mass is 10.1. The van der Waals surface area contributed by atoms with Crippen LogP contribution in [0.15, 0.2) is 12.3 Å². The van der Waals surface area contributed by atoms with Gasteiger partial charge >= 0.3 is 6.18 Å². The summed E-state index contributed by atoms with van der Waals surface area (Å²) in [4.78, 5) is 14.2. The second-order valence-corrected chi connectivity index (χ2v) is 3.71. The van der Waals surface area contributed by atoms with E-state index in [2.05, 4.69) is 4.98 Å². The number of hydrogen-bond donors (Lipinski definition) is 1. The molecule has 1 fully saturated rings. The zero-order chi connectivity index (χ0) is 12.6. The van der Waals surface area contributed by atoms with Crippen molar-refractivity contribution in [2.45, 2.75) is 25.1 Å². The van der Waals surface area contributed by atoms with Gasteiger partial charge < -0.3 is 10.5 Å². The lowest BCUT2D eigenvalue weighted by Crippen LogP contribution is -2.22. The summed E-state index contributed by atoms with van der Waals surface area (Å²) in [6.45, 7) is 0. The smallest absolute Gasteiger partial charge is 0.434 e. The van der Waals surface area contributed by atoms with Crippen molar-refractivity contribution in [3.05, 3.63) is 23.5 Å². The molecule has 2 N–H and O–H groups in total. The number of nitrogens with two attached hydrogens (primary N) is 1. The van der Waals surface area contributed by atoms with Gasteiger partial charge in [0.05, 0.1) is 6.10 Å². The maximum Gasteiger partial charge on any atom is 0.434 e. The molecule has 0 radical (unpaired) electrons. The maximum atomic E-state index is 12.6. The number of pyridine rings is 1. The van der Waals surface area contributed by atoms with Gasteiger partial charge in [0.2, 0.25) is 0 Å². The zero-order valence-corrected chi connectivity index (χ0v) is 8.62. The highest BCUT2D eigenvalue weighted by molar-refractivity contribution is 5.96. The van der Waals surface area contributed by atoms with Gasteiger partial charge in [-0.25, -0.2) is 0 Å². The topological polar surface area (TPSA) is 65.2 Å². The van der Waals surface area contributed by atoms with Crippen LogP contribution in [0.25, 0.3) is 0 Å². The molecule has 1 aromatic heterocycles. The summed E-state index contributed by atoms with van der Waals surface area (Å²) in [5.74, 6) is -1.34. The van der Waals surface area contributed by atoms with E-state index in [4.69, 9.17) is 10.5 Å². The van der Waals surface area contributed by atoms with Crippen LogP contribution in [0.4, 0.5) is 13.2 Å². The Bertz CT molecular complexity index is 455. The Labute approximate surface area is 94.6 Å². The molecule has 1 aliphatic rings. The molecule has 0 unspecified atom stereocenters. The number of hydrogen-bond acceptors (Lipinski definition) is 3. The third-order valence-electron chi connectivity index (χ3n) is 2.25. The Morgan fingerprint density at radius 3 is 2.59 bits per heavy atom. The first-order valence-corrected chi connectivity index (χ1v) is 4.92. The minimum absolute atomic E-state index is 0.128. The molecule has 17 heavy (non-hydrogen) atoms. The number of halogens is 3. The Morgan fingerprint density at radius 1 is 1.47 bits per heavy atom. The standard InChI is InChI=1S/C10H9F3N2O2/c11-10(12,13)8-7(9(14)16)6(3-4-15-8)17-5-1-2-5/h3-5H,1-2H2,(H2,14,16). The number of nitrogens with zero attached hydrogens (tertiary/aromatic N) is 1. The van der Waals surface area contributed by atoms with Gasteiger partial charge in [-0.1, -0.05) is 0 Å². The van der Waals surface area contributed by atoms with E-state index in [1.165, 1.54) is 6.07 Å². The highest BCUT2D eigenvalue weighted by Crippen LogP contribution is 2.36. The molecule has 1 saturated carbocycles. The van der Waals surface area contributed by atoms with Crippen molar-refractivity contribution in [2.24, 2.45) is 5.73 Å². The van der Waals surface area contributed by atoms with Crippen molar-refractivity contribution in [3.8, 4) is 5.75 Å². The molecular weight excluding hydrogens is 237 g/mol. The molecule has 4 nitrogen and oxygen atoms in total. The van der Waals surface area contributed by atoms with Gasteiger partial charge in [-0.3, -0.25) is 9.78 Å². The molecule has 1 aliphatic carbocycles. The number of carbonyl (C=O) groups excluding carboxylic acids is 1. The molecule has 0 bridgehead atoms. The highest BCUT2D eigenvalue weighted by atomic mass is 19.4. The van der Waals surface area contributed by atoms with Crippen LogP contribution in [0.3, 0.4) is 0 Å². The van der Waals surface area contributed by atoms with Gasteiger partial charge in [0.25, 0.3) is 5.91 Å². The third kappa shape index (κ3) is 2.48. The predicted molar refractivity (Wildman–Crippen MR) is 51.4 cm³/mol. The number of rotatable bonds is 3. The number of ether oxygens (including phenoxy) is 1. The summed E-state index contributed by atoms with van der Waals surface area (Å²) in [5, 5.41) is 0. The quantitative estimate of drug-likeness (QED) is 0.883. The minimum atomic E-state index is -4.73. The minimum Gasteiger partial charge on any atom is -0.489 e. The molecule has 2 rings (SSSR count). The second kappa shape index (κ2) is 3.90. The first-order chi connectivity index (χ1) is 7.89. The van der Waals surface area contributed by atoms with E-state index in [0.29, 0.717) is 0 Å². The van der Waals surface area contributed by atoms with Crippen molar-refractivity contribution in [3.63, 3.8) is 0 Å². The number of primary amides is 1. The summed E-state index contributed by atoms with van der Waals surface area (Å²) >= 11 is 0. The average Bonchev–Trinajstić information content (AvgIpc) is 2.99. The van der Waals surface area contributed by atoms with Crippen molar-refractivity contribution in [1.29, 1.82) is 0 Å². The van der Waals surface area contributed by atoms with Gasteiger partial charge in [0, 0.05) is 6.20 Å². The monoisotopic (exact) mass is 246 g/mol. The Hall–Kier alpha value is -1.79. The molecule has 0 aliphatic heterocycles. The van der Waals surface area contributed by atoms with E-state index in [9.17, 15) is 18.0 Å². The fourth-order valence-corrected chi connectivity index (χ4v) is 1.36. The molecule has 1 amide bonds. The van der Waals surface area contributed by atoms with Crippen LogP contribution < -0.4 is 10.5 Å². The van der Waals surface area contributed by atoms with Crippen LogP contribution in [-0.4, -0.2) is 17.0 Å². The van der Waals surface area contributed by atoms with E-state index in [1.807, 2.05) is 0 Å². The molecule has 1 heterocycles. The van der Waals surface area contributed by atoms with E-state index < -0.39 is 23.3 Å². The molecule has 1 aromatic rings. The molecule has 0 spiro atoms. The van der Waals surface area contributed by atoms with E-state index >= 15 is 0 Å². The van der Waals surface area contributed by atoms with Crippen LogP contribution in [-0.2, 0) is 6.18 Å². The summed E-state index contributed by atoms with van der Waals surface area (Å²) in [6.07, 6.45) is -2.37. The summed E-state index contributed by atoms with van der Waals surface area (Å²) in [5.41, 5.74) is 2.94. The van der Waals surface area contributed by atoms with Gasteiger partial charge in [-0.05, 0) is 18.9 Å². The predicted octanol–water partition coefficient (Wildman–Crippen LogP) is 1.74. The van der Waals surface area contributed by atoms with Crippen LogP contribution in [0.1, 0.15) is 28.9 Å². The number of amides is 1. The van der Waals surface area contributed by atoms with E-state index in [-0.39, 0.29) is 11.9 Å². The summed E-state index contributed by atoms with van der Waals surface area (Å²) < 4.78 is 43.1. The fraction of sp³-hybridized carbons (Fsp3) is 0.400. The van der Waals surface area contributed by atoms with Crippen LogP contribution in [0.5, 0.6) is 5.75 Å². The Morgan fingerprint density at radius 2 is 2.12 bits per heavy atom. The van der Waals surface area contributed by atoms with Crippen molar-refractivity contribution in [2.75, 3.05) is 0 Å². The molecular formula is C10H9F3N2O2. The van der Waals surface area contributed by atoms with Crippen molar-refractivity contribution >= 4 is 5.91 Å². The Kier molecular flexibility index (Phi) is 2.68. The molecule has 0 aromatic carbocycles. The first kappa shape index (κ1) is 11.7. The van der Waals surface area contributed by atoms with Crippen LogP contribution in [0, 0.1) is 0 Å². The lowest BCUT2D eigenvalue weighted by Gasteiger charge is -2.13. The number of alkyl halides is 3. The van der Waals surface area contributed by atoms with E-state index in [0.717, 1.165) is 19.0 Å². The number of aromatic nitrogens is 1. The van der Waals surface area contributed by atoms with Crippen LogP contribution in [0.2, 0.25) is 0 Å².